The number of fused-ring (bicyclic) bond motifs is 1. The number of benzene rings is 3. The first-order chi connectivity index (χ1) is 15.5. The number of carboxylic acid groups (broad SMARTS) is 1. The van der Waals surface area contributed by atoms with E-state index in [1.165, 1.54) is 0 Å². The van der Waals surface area contributed by atoms with Gasteiger partial charge in [0.15, 0.2) is 11.4 Å². The molecule has 1 unspecified atom stereocenters. The topological polar surface area (TPSA) is 108 Å². The molecule has 0 fully saturated rings. The molecule has 3 N–H and O–H groups in total. The SMILES string of the molecule is O=C(O)CC(O)CN=Cc1ccc2onc(Nc3cccc(-c4ccccc4)c3Br)c2c1. The minimum atomic E-state index is -1.06. The number of aromatic nitrogens is 1. The third kappa shape index (κ3) is 5.04. The number of aliphatic carboxylic acids is 1. The predicted molar refractivity (Wildman–Crippen MR) is 128 cm³/mol. The van der Waals surface area contributed by atoms with E-state index in [2.05, 4.69) is 31.4 Å². The fourth-order valence-electron chi connectivity index (χ4n) is 3.27. The molecule has 0 radical (unpaired) electrons. The Hall–Kier alpha value is -3.49. The van der Waals surface area contributed by atoms with Gasteiger partial charge in [-0.3, -0.25) is 9.79 Å². The van der Waals surface area contributed by atoms with E-state index in [4.69, 9.17) is 9.63 Å². The first kappa shape index (κ1) is 21.7. The molecule has 0 amide bonds. The Labute approximate surface area is 192 Å². The van der Waals surface area contributed by atoms with Crippen LogP contribution in [-0.4, -0.2) is 40.2 Å². The van der Waals surface area contributed by atoms with Gasteiger partial charge < -0.3 is 20.1 Å². The van der Waals surface area contributed by atoms with Crippen LogP contribution >= 0.6 is 15.9 Å². The van der Waals surface area contributed by atoms with Crippen molar-refractivity contribution in [2.45, 2.75) is 12.5 Å². The van der Waals surface area contributed by atoms with Gasteiger partial charge in [0.2, 0.25) is 0 Å². The summed E-state index contributed by atoms with van der Waals surface area (Å²) in [6.45, 7) is 0.0122. The molecule has 7 nitrogen and oxygen atoms in total. The summed E-state index contributed by atoms with van der Waals surface area (Å²) in [5.74, 6) is -0.496. The van der Waals surface area contributed by atoms with Gasteiger partial charge in [-0.1, -0.05) is 47.6 Å². The van der Waals surface area contributed by atoms with Crippen LogP contribution in [0.5, 0.6) is 0 Å². The maximum Gasteiger partial charge on any atom is 0.306 e. The number of anilines is 2. The molecule has 0 aliphatic carbocycles. The summed E-state index contributed by atoms with van der Waals surface area (Å²) in [5.41, 5.74) is 4.39. The van der Waals surface area contributed by atoms with Gasteiger partial charge in [-0.25, -0.2) is 0 Å². The zero-order valence-electron chi connectivity index (χ0n) is 16.9. The van der Waals surface area contributed by atoms with Crippen molar-refractivity contribution in [2.75, 3.05) is 11.9 Å². The maximum atomic E-state index is 10.6. The molecule has 1 atom stereocenters. The van der Waals surface area contributed by atoms with Crippen molar-refractivity contribution >= 4 is 50.6 Å². The van der Waals surface area contributed by atoms with Gasteiger partial charge in [-0.2, -0.15) is 0 Å². The van der Waals surface area contributed by atoms with Crippen LogP contribution in [0.15, 0.2) is 80.7 Å². The second-order valence-corrected chi connectivity index (χ2v) is 7.98. The molecule has 0 spiro atoms. The third-order valence-electron chi connectivity index (χ3n) is 4.80. The molecule has 162 valence electrons. The Balaban J connectivity index is 1.57. The number of nitrogens with zero attached hydrogens (tertiary/aromatic N) is 2. The zero-order valence-corrected chi connectivity index (χ0v) is 18.5. The van der Waals surface area contributed by atoms with Crippen LogP contribution < -0.4 is 5.32 Å². The van der Waals surface area contributed by atoms with Gasteiger partial charge in [-0.05, 0) is 56.9 Å². The second-order valence-electron chi connectivity index (χ2n) is 7.19. The Bertz CT molecular complexity index is 1270. The summed E-state index contributed by atoms with van der Waals surface area (Å²) < 4.78 is 6.35. The smallest absolute Gasteiger partial charge is 0.306 e. The number of halogens is 1. The average Bonchev–Trinajstić information content (AvgIpc) is 3.17. The van der Waals surface area contributed by atoms with E-state index in [1.54, 1.807) is 12.3 Å². The van der Waals surface area contributed by atoms with E-state index in [0.717, 1.165) is 32.2 Å². The fourth-order valence-corrected chi connectivity index (χ4v) is 3.86. The Morgan fingerprint density at radius 3 is 2.75 bits per heavy atom. The van der Waals surface area contributed by atoms with E-state index < -0.39 is 12.1 Å². The van der Waals surface area contributed by atoms with Crippen LogP contribution in [0.3, 0.4) is 0 Å². The minimum Gasteiger partial charge on any atom is -0.481 e. The highest BCUT2D eigenvalue weighted by Crippen LogP contribution is 2.36. The largest absolute Gasteiger partial charge is 0.481 e. The molecule has 3 aromatic carbocycles. The molecule has 0 saturated carbocycles. The predicted octanol–water partition coefficient (Wildman–Crippen LogP) is 5.26. The monoisotopic (exact) mass is 493 g/mol. The van der Waals surface area contributed by atoms with Crippen LogP contribution in [0.1, 0.15) is 12.0 Å². The van der Waals surface area contributed by atoms with Gasteiger partial charge in [0.05, 0.1) is 30.1 Å². The van der Waals surface area contributed by atoms with Gasteiger partial charge in [0.25, 0.3) is 0 Å². The highest BCUT2D eigenvalue weighted by molar-refractivity contribution is 9.10. The molecule has 4 aromatic rings. The lowest BCUT2D eigenvalue weighted by Gasteiger charge is -2.11. The van der Waals surface area contributed by atoms with E-state index >= 15 is 0 Å². The molecule has 0 aliphatic heterocycles. The van der Waals surface area contributed by atoms with Crippen molar-refractivity contribution in [1.29, 1.82) is 0 Å². The van der Waals surface area contributed by atoms with E-state index in [1.807, 2.05) is 60.7 Å². The molecule has 0 saturated heterocycles. The number of aliphatic hydroxyl groups is 1. The number of rotatable bonds is 8. The lowest BCUT2D eigenvalue weighted by molar-refractivity contribution is -0.139. The fraction of sp³-hybridized carbons (Fsp3) is 0.125. The molecular formula is C24H20BrN3O4. The van der Waals surface area contributed by atoms with Crippen LogP contribution in [0.25, 0.3) is 22.1 Å². The summed E-state index contributed by atoms with van der Waals surface area (Å²) in [7, 11) is 0. The highest BCUT2D eigenvalue weighted by atomic mass is 79.9. The third-order valence-corrected chi connectivity index (χ3v) is 5.65. The standard InChI is InChI=1S/C24H20BrN3O4/c25-23-18(16-5-2-1-3-6-16)7-4-8-20(23)27-24-19-11-15(9-10-21(19)32-28-24)13-26-14-17(29)12-22(30)31/h1-11,13,17,29H,12,14H2,(H,27,28)(H,30,31). The van der Waals surface area contributed by atoms with Crippen molar-refractivity contribution in [1.82, 2.24) is 5.16 Å². The second kappa shape index (κ2) is 9.76. The van der Waals surface area contributed by atoms with Crippen molar-refractivity contribution < 1.29 is 19.5 Å². The molecule has 4 rings (SSSR count). The summed E-state index contributed by atoms with van der Waals surface area (Å²) in [6, 6.07) is 21.5. The van der Waals surface area contributed by atoms with Crippen LogP contribution in [-0.2, 0) is 4.79 Å². The Morgan fingerprint density at radius 2 is 1.97 bits per heavy atom. The lowest BCUT2D eigenvalue weighted by Crippen LogP contribution is -2.16. The first-order valence-electron chi connectivity index (χ1n) is 9.91. The molecule has 0 aliphatic rings. The normalized spacial score (nSPS) is 12.3. The number of carbonyl (C=O) groups is 1. The Kier molecular flexibility index (Phi) is 6.63. The maximum absolute atomic E-state index is 10.6. The molecule has 8 heteroatoms. The highest BCUT2D eigenvalue weighted by Gasteiger charge is 2.13. The van der Waals surface area contributed by atoms with Gasteiger partial charge in [-0.15, -0.1) is 0 Å². The van der Waals surface area contributed by atoms with E-state index in [-0.39, 0.29) is 13.0 Å². The first-order valence-corrected chi connectivity index (χ1v) is 10.7. The summed E-state index contributed by atoms with van der Waals surface area (Å²) in [5, 5.41) is 26.6. The molecular weight excluding hydrogens is 474 g/mol. The van der Waals surface area contributed by atoms with Crippen LogP contribution in [0, 0.1) is 0 Å². The van der Waals surface area contributed by atoms with Crippen LogP contribution in [0.2, 0.25) is 0 Å². The molecule has 1 heterocycles. The van der Waals surface area contributed by atoms with Crippen molar-refractivity contribution in [2.24, 2.45) is 4.99 Å². The number of hydrogen-bond donors (Lipinski definition) is 3. The average molecular weight is 494 g/mol. The lowest BCUT2D eigenvalue weighted by atomic mass is 10.1. The number of carboxylic acids is 1. The van der Waals surface area contributed by atoms with Crippen molar-refractivity contribution in [3.63, 3.8) is 0 Å². The van der Waals surface area contributed by atoms with Crippen LogP contribution in [0.4, 0.5) is 11.5 Å². The molecule has 0 bridgehead atoms. The van der Waals surface area contributed by atoms with Crippen molar-refractivity contribution in [3.05, 3.63) is 76.8 Å². The number of aliphatic hydroxyl groups excluding tert-OH is 1. The number of nitrogens with one attached hydrogen (secondary N) is 1. The zero-order chi connectivity index (χ0) is 22.5. The number of hydrogen-bond acceptors (Lipinski definition) is 6. The summed E-state index contributed by atoms with van der Waals surface area (Å²) in [4.78, 5) is 14.8. The summed E-state index contributed by atoms with van der Waals surface area (Å²) in [6.07, 6.45) is 0.231. The summed E-state index contributed by atoms with van der Waals surface area (Å²) >= 11 is 3.70. The quantitative estimate of drug-likeness (QED) is 0.289. The number of aliphatic imine (C=N–C) groups is 1. The van der Waals surface area contributed by atoms with E-state index in [9.17, 15) is 9.90 Å². The van der Waals surface area contributed by atoms with Crippen molar-refractivity contribution in [3.8, 4) is 11.1 Å². The molecule has 32 heavy (non-hydrogen) atoms. The Morgan fingerprint density at radius 1 is 1.16 bits per heavy atom. The van der Waals surface area contributed by atoms with Gasteiger partial charge in [0, 0.05) is 10.7 Å². The van der Waals surface area contributed by atoms with E-state index in [0.29, 0.717) is 11.4 Å². The van der Waals surface area contributed by atoms with Gasteiger partial charge >= 0.3 is 5.97 Å². The minimum absolute atomic E-state index is 0.0122. The molecule has 1 aromatic heterocycles. The van der Waals surface area contributed by atoms with Gasteiger partial charge in [0.1, 0.15) is 0 Å².